The Kier molecular flexibility index (Phi) is 4.66. The van der Waals surface area contributed by atoms with Crippen LogP contribution in [-0.2, 0) is 9.59 Å². The van der Waals surface area contributed by atoms with Gasteiger partial charge in [-0.2, -0.15) is 0 Å². The van der Waals surface area contributed by atoms with Gasteiger partial charge in [0.25, 0.3) is 11.8 Å². The Balaban J connectivity index is 1.40. The Morgan fingerprint density at radius 1 is 1.00 bits per heavy atom. The van der Waals surface area contributed by atoms with Crippen molar-refractivity contribution in [1.29, 1.82) is 0 Å². The van der Waals surface area contributed by atoms with Gasteiger partial charge in [0, 0.05) is 18.7 Å². The number of aryl methyl sites for hydroxylation is 2. The van der Waals surface area contributed by atoms with Crippen molar-refractivity contribution < 1.29 is 19.2 Å². The average molecular weight is 391 g/mol. The van der Waals surface area contributed by atoms with Crippen LogP contribution in [0.15, 0.2) is 42.5 Å². The highest BCUT2D eigenvalue weighted by Crippen LogP contribution is 2.25. The topological polar surface area (TPSA) is 86.8 Å². The number of rotatable bonds is 4. The fraction of sp³-hybridized carbons (Fsp3) is 0.273. The van der Waals surface area contributed by atoms with E-state index >= 15 is 0 Å². The van der Waals surface area contributed by atoms with Gasteiger partial charge in [-0.05, 0) is 49.2 Å². The molecular weight excluding hydrogens is 370 g/mol. The second-order valence-corrected chi connectivity index (χ2v) is 7.48. The first-order chi connectivity index (χ1) is 13.8. The summed E-state index contributed by atoms with van der Waals surface area (Å²) in [4.78, 5) is 52.3. The number of carbonyl (C=O) groups excluding carboxylic acids is 4. The Labute approximate surface area is 168 Å². The van der Waals surface area contributed by atoms with Crippen LogP contribution < -0.4 is 10.2 Å². The van der Waals surface area contributed by atoms with Crippen LogP contribution in [0.3, 0.4) is 0 Å². The molecule has 2 aliphatic rings. The van der Waals surface area contributed by atoms with Crippen molar-refractivity contribution in [3.63, 3.8) is 0 Å². The SMILES string of the molecule is Cc1ccc(N2C[C@@H](NC(=O)CN3C(=O)c4ccccc4C3=O)CC2=O)cc1C. The molecule has 2 heterocycles. The number of hydrogen-bond acceptors (Lipinski definition) is 4. The Hall–Kier alpha value is -3.48. The molecular formula is C22H21N3O4. The minimum atomic E-state index is -0.472. The molecule has 1 N–H and O–H groups in total. The minimum Gasteiger partial charge on any atom is -0.349 e. The Bertz CT molecular complexity index is 1010. The number of nitrogens with zero attached hydrogens (tertiary/aromatic N) is 2. The summed E-state index contributed by atoms with van der Waals surface area (Å²) in [5.74, 6) is -1.47. The fourth-order valence-corrected chi connectivity index (χ4v) is 3.75. The molecule has 7 nitrogen and oxygen atoms in total. The molecule has 2 aliphatic heterocycles. The van der Waals surface area contributed by atoms with E-state index in [4.69, 9.17) is 0 Å². The monoisotopic (exact) mass is 391 g/mol. The predicted octanol–water partition coefficient (Wildman–Crippen LogP) is 1.82. The third kappa shape index (κ3) is 3.40. The summed E-state index contributed by atoms with van der Waals surface area (Å²) in [6, 6.07) is 11.9. The molecule has 2 aromatic carbocycles. The average Bonchev–Trinajstić information content (AvgIpc) is 3.17. The molecule has 1 atom stereocenters. The highest BCUT2D eigenvalue weighted by molar-refractivity contribution is 6.22. The number of anilines is 1. The molecule has 0 radical (unpaired) electrons. The van der Waals surface area contributed by atoms with Crippen LogP contribution in [0.4, 0.5) is 5.69 Å². The molecule has 4 amide bonds. The molecule has 2 aromatic rings. The smallest absolute Gasteiger partial charge is 0.262 e. The third-order valence-corrected chi connectivity index (χ3v) is 5.47. The molecule has 0 saturated carbocycles. The van der Waals surface area contributed by atoms with Crippen molar-refractivity contribution in [3.05, 3.63) is 64.7 Å². The zero-order valence-corrected chi connectivity index (χ0v) is 16.3. The summed E-state index contributed by atoms with van der Waals surface area (Å²) >= 11 is 0. The van der Waals surface area contributed by atoms with E-state index in [0.29, 0.717) is 17.7 Å². The molecule has 7 heteroatoms. The molecule has 0 aliphatic carbocycles. The van der Waals surface area contributed by atoms with E-state index in [2.05, 4.69) is 5.32 Å². The van der Waals surface area contributed by atoms with Crippen molar-refractivity contribution >= 4 is 29.3 Å². The number of nitrogens with one attached hydrogen (secondary N) is 1. The van der Waals surface area contributed by atoms with Crippen LogP contribution >= 0.6 is 0 Å². The first-order valence-corrected chi connectivity index (χ1v) is 9.47. The number of carbonyl (C=O) groups is 4. The van der Waals surface area contributed by atoms with Crippen molar-refractivity contribution in [2.24, 2.45) is 0 Å². The molecule has 148 valence electrons. The van der Waals surface area contributed by atoms with Crippen LogP contribution in [0.1, 0.15) is 38.3 Å². The van der Waals surface area contributed by atoms with Crippen LogP contribution in [0.5, 0.6) is 0 Å². The van der Waals surface area contributed by atoms with E-state index in [-0.39, 0.29) is 24.9 Å². The largest absolute Gasteiger partial charge is 0.349 e. The van der Waals surface area contributed by atoms with Gasteiger partial charge in [0.1, 0.15) is 6.54 Å². The number of fused-ring (bicyclic) bond motifs is 1. The van der Waals surface area contributed by atoms with Crippen LogP contribution in [-0.4, -0.2) is 47.7 Å². The lowest BCUT2D eigenvalue weighted by Crippen LogP contribution is -2.44. The van der Waals surface area contributed by atoms with Crippen molar-refractivity contribution in [1.82, 2.24) is 10.2 Å². The number of amides is 4. The lowest BCUT2D eigenvalue weighted by atomic mass is 10.1. The van der Waals surface area contributed by atoms with Gasteiger partial charge in [-0.25, -0.2) is 0 Å². The summed E-state index contributed by atoms with van der Waals surface area (Å²) in [6.45, 7) is 3.99. The first kappa shape index (κ1) is 18.9. The highest BCUT2D eigenvalue weighted by Gasteiger charge is 2.37. The Morgan fingerprint density at radius 3 is 2.28 bits per heavy atom. The lowest BCUT2D eigenvalue weighted by molar-refractivity contribution is -0.122. The van der Waals surface area contributed by atoms with Gasteiger partial charge in [0.05, 0.1) is 17.2 Å². The normalized spacial score (nSPS) is 18.4. The molecule has 4 rings (SSSR count). The van der Waals surface area contributed by atoms with E-state index < -0.39 is 17.7 Å². The van der Waals surface area contributed by atoms with Crippen LogP contribution in [0.2, 0.25) is 0 Å². The lowest BCUT2D eigenvalue weighted by Gasteiger charge is -2.19. The van der Waals surface area contributed by atoms with E-state index in [1.807, 2.05) is 32.0 Å². The molecule has 0 spiro atoms. The van der Waals surface area contributed by atoms with Crippen molar-refractivity contribution in [3.8, 4) is 0 Å². The molecule has 0 aromatic heterocycles. The van der Waals surface area contributed by atoms with Gasteiger partial charge in [0.2, 0.25) is 11.8 Å². The third-order valence-electron chi connectivity index (χ3n) is 5.47. The maximum atomic E-state index is 12.5. The standard InChI is InChI=1S/C22H21N3O4/c1-13-7-8-16(9-14(13)2)24-11-15(10-20(24)27)23-19(26)12-25-21(28)17-5-3-4-6-18(17)22(25)29/h3-9,15H,10-12H2,1-2H3,(H,23,26)/t15-/m0/s1. The minimum absolute atomic E-state index is 0.0701. The maximum absolute atomic E-state index is 12.5. The molecule has 0 unspecified atom stereocenters. The molecule has 1 fully saturated rings. The van der Waals surface area contributed by atoms with Gasteiger partial charge in [-0.1, -0.05) is 18.2 Å². The summed E-state index contributed by atoms with van der Waals surface area (Å²) in [6.07, 6.45) is 0.181. The zero-order valence-electron chi connectivity index (χ0n) is 16.3. The summed E-state index contributed by atoms with van der Waals surface area (Å²) in [7, 11) is 0. The van der Waals surface area contributed by atoms with E-state index in [1.54, 1.807) is 29.2 Å². The van der Waals surface area contributed by atoms with Crippen molar-refractivity contribution in [2.45, 2.75) is 26.3 Å². The molecule has 1 saturated heterocycles. The van der Waals surface area contributed by atoms with Gasteiger partial charge in [0.15, 0.2) is 0 Å². The Morgan fingerprint density at radius 2 is 1.66 bits per heavy atom. The predicted molar refractivity (Wildman–Crippen MR) is 107 cm³/mol. The molecule has 0 bridgehead atoms. The molecule has 29 heavy (non-hydrogen) atoms. The number of imide groups is 1. The van der Waals surface area contributed by atoms with Gasteiger partial charge in [-0.3, -0.25) is 24.1 Å². The van der Waals surface area contributed by atoms with Crippen LogP contribution in [0.25, 0.3) is 0 Å². The van der Waals surface area contributed by atoms with E-state index in [9.17, 15) is 19.2 Å². The van der Waals surface area contributed by atoms with Crippen LogP contribution in [0, 0.1) is 13.8 Å². The zero-order chi connectivity index (χ0) is 20.7. The van der Waals surface area contributed by atoms with Gasteiger partial charge < -0.3 is 10.2 Å². The van der Waals surface area contributed by atoms with Crippen molar-refractivity contribution in [2.75, 3.05) is 18.0 Å². The number of benzene rings is 2. The first-order valence-electron chi connectivity index (χ1n) is 9.47. The summed E-state index contributed by atoms with van der Waals surface area (Å²) in [5.41, 5.74) is 3.65. The summed E-state index contributed by atoms with van der Waals surface area (Å²) < 4.78 is 0. The quantitative estimate of drug-likeness (QED) is 0.806. The summed E-state index contributed by atoms with van der Waals surface area (Å²) in [5, 5.41) is 2.78. The fourth-order valence-electron chi connectivity index (χ4n) is 3.75. The van der Waals surface area contributed by atoms with Gasteiger partial charge in [-0.15, -0.1) is 0 Å². The van der Waals surface area contributed by atoms with E-state index in [1.165, 1.54) is 0 Å². The second-order valence-electron chi connectivity index (χ2n) is 7.48. The van der Waals surface area contributed by atoms with Gasteiger partial charge >= 0.3 is 0 Å². The number of hydrogen-bond donors (Lipinski definition) is 1. The highest BCUT2D eigenvalue weighted by atomic mass is 16.2. The maximum Gasteiger partial charge on any atom is 0.262 e. The van der Waals surface area contributed by atoms with E-state index in [0.717, 1.165) is 21.7 Å². The second kappa shape index (κ2) is 7.16.